The number of thiophene rings is 1. The van der Waals surface area contributed by atoms with Gasteiger partial charge in [-0.3, -0.25) is 4.79 Å². The zero-order chi connectivity index (χ0) is 15.1. The van der Waals surface area contributed by atoms with Crippen LogP contribution in [0.1, 0.15) is 32.3 Å². The maximum atomic E-state index is 11.7. The van der Waals surface area contributed by atoms with Crippen LogP contribution in [0, 0.1) is 0 Å². The minimum Gasteiger partial charge on any atom is -0.357 e. The van der Waals surface area contributed by atoms with Crippen molar-refractivity contribution in [1.29, 1.82) is 0 Å². The Bertz CT molecular complexity index is 472. The van der Waals surface area contributed by atoms with Gasteiger partial charge in [-0.1, -0.05) is 6.92 Å². The highest BCUT2D eigenvalue weighted by atomic mass is 32.1. The van der Waals surface area contributed by atoms with Gasteiger partial charge in [0.25, 0.3) is 0 Å². The molecule has 1 fully saturated rings. The molecule has 0 saturated carbocycles. The molecule has 21 heavy (non-hydrogen) atoms. The van der Waals surface area contributed by atoms with Gasteiger partial charge in [-0.05, 0) is 35.7 Å². The molecule has 1 atom stereocenters. The molecule has 2 heterocycles. The van der Waals surface area contributed by atoms with Crippen molar-refractivity contribution >= 4 is 23.2 Å². The van der Waals surface area contributed by atoms with E-state index >= 15 is 0 Å². The second kappa shape index (κ2) is 8.02. The van der Waals surface area contributed by atoms with Gasteiger partial charge in [-0.15, -0.1) is 0 Å². The molecule has 116 valence electrons. The molecular formula is C15H24N4OS. The highest BCUT2D eigenvalue weighted by Gasteiger charge is 2.25. The van der Waals surface area contributed by atoms with Crippen molar-refractivity contribution in [2.24, 2.45) is 4.99 Å². The maximum absolute atomic E-state index is 11.7. The Balaban J connectivity index is 1.88. The van der Waals surface area contributed by atoms with Crippen molar-refractivity contribution < 1.29 is 4.79 Å². The summed E-state index contributed by atoms with van der Waals surface area (Å²) >= 11 is 1.69. The Labute approximate surface area is 130 Å². The number of carbonyl (C=O) groups excluding carboxylic acids is 1. The topological polar surface area (TPSA) is 56.7 Å². The fourth-order valence-electron chi connectivity index (χ4n) is 2.39. The number of amides is 1. The van der Waals surface area contributed by atoms with Crippen LogP contribution in [0.2, 0.25) is 0 Å². The van der Waals surface area contributed by atoms with Gasteiger partial charge in [0.15, 0.2) is 5.96 Å². The second-order valence-electron chi connectivity index (χ2n) is 5.15. The molecule has 0 bridgehead atoms. The smallest absolute Gasteiger partial charge is 0.222 e. The highest BCUT2D eigenvalue weighted by Crippen LogP contribution is 2.11. The highest BCUT2D eigenvalue weighted by molar-refractivity contribution is 7.07. The summed E-state index contributed by atoms with van der Waals surface area (Å²) in [5.74, 6) is 1.07. The van der Waals surface area contributed by atoms with Crippen molar-refractivity contribution in [2.45, 2.75) is 39.3 Å². The van der Waals surface area contributed by atoms with E-state index in [1.165, 1.54) is 5.56 Å². The Morgan fingerprint density at radius 2 is 2.38 bits per heavy atom. The van der Waals surface area contributed by atoms with Gasteiger partial charge in [0.05, 0.1) is 6.54 Å². The second-order valence-corrected chi connectivity index (χ2v) is 5.93. The molecule has 2 N–H and O–H groups in total. The predicted molar refractivity (Wildman–Crippen MR) is 87.5 cm³/mol. The molecule has 1 aromatic rings. The van der Waals surface area contributed by atoms with Crippen molar-refractivity contribution in [3.63, 3.8) is 0 Å². The first-order valence-electron chi connectivity index (χ1n) is 7.56. The molecule has 5 nitrogen and oxygen atoms in total. The van der Waals surface area contributed by atoms with E-state index in [2.05, 4.69) is 39.4 Å². The van der Waals surface area contributed by atoms with Crippen molar-refractivity contribution in [2.75, 3.05) is 19.6 Å². The lowest BCUT2D eigenvalue weighted by molar-refractivity contribution is -0.129. The molecule has 2 rings (SSSR count). The molecule has 0 radical (unpaired) electrons. The number of aliphatic imine (C=N–C) groups is 1. The molecule has 0 aromatic carbocycles. The summed E-state index contributed by atoms with van der Waals surface area (Å²) in [6.07, 6.45) is 1.56. The minimum atomic E-state index is 0.236. The summed E-state index contributed by atoms with van der Waals surface area (Å²) in [5.41, 5.74) is 1.23. The van der Waals surface area contributed by atoms with Crippen LogP contribution in [-0.4, -0.2) is 42.4 Å². The third-order valence-corrected chi connectivity index (χ3v) is 4.26. The molecular weight excluding hydrogens is 284 g/mol. The average molecular weight is 308 g/mol. The van der Waals surface area contributed by atoms with Crippen molar-refractivity contribution in [3.8, 4) is 0 Å². The third kappa shape index (κ3) is 4.74. The molecule has 6 heteroatoms. The molecule has 1 amide bonds. The number of hydrogen-bond donors (Lipinski definition) is 2. The van der Waals surface area contributed by atoms with Gasteiger partial charge in [0.2, 0.25) is 5.91 Å². The number of carbonyl (C=O) groups is 1. The molecule has 1 aliphatic rings. The quantitative estimate of drug-likeness (QED) is 0.644. The number of likely N-dealkylation sites (tertiary alicyclic amines) is 1. The molecule has 1 aliphatic heterocycles. The van der Waals surface area contributed by atoms with Crippen molar-refractivity contribution in [1.82, 2.24) is 15.5 Å². The SMILES string of the molecule is CCNC(=NCc1ccsc1)NC1CCN(C(=O)CC)C1. The number of nitrogens with one attached hydrogen (secondary N) is 2. The summed E-state index contributed by atoms with van der Waals surface area (Å²) in [5, 5.41) is 10.9. The summed E-state index contributed by atoms with van der Waals surface area (Å²) < 4.78 is 0. The fraction of sp³-hybridized carbons (Fsp3) is 0.600. The van der Waals surface area contributed by atoms with E-state index in [1.807, 2.05) is 11.8 Å². The number of guanidine groups is 1. The predicted octanol–water partition coefficient (Wildman–Crippen LogP) is 1.81. The summed E-state index contributed by atoms with van der Waals surface area (Å²) in [6, 6.07) is 2.38. The number of rotatable bonds is 5. The monoisotopic (exact) mass is 308 g/mol. The number of nitrogens with zero attached hydrogens (tertiary/aromatic N) is 2. The molecule has 1 unspecified atom stereocenters. The van der Waals surface area contributed by atoms with Gasteiger partial charge < -0.3 is 15.5 Å². The molecule has 1 saturated heterocycles. The van der Waals surface area contributed by atoms with Gasteiger partial charge >= 0.3 is 0 Å². The third-order valence-electron chi connectivity index (χ3n) is 3.53. The Morgan fingerprint density at radius 3 is 3.05 bits per heavy atom. The lowest BCUT2D eigenvalue weighted by Gasteiger charge is -2.18. The van der Waals surface area contributed by atoms with Crippen LogP contribution in [0.4, 0.5) is 0 Å². The van der Waals surface area contributed by atoms with Gasteiger partial charge in [-0.2, -0.15) is 11.3 Å². The van der Waals surface area contributed by atoms with Crippen LogP contribution in [-0.2, 0) is 11.3 Å². The summed E-state index contributed by atoms with van der Waals surface area (Å²) in [7, 11) is 0. The maximum Gasteiger partial charge on any atom is 0.222 e. The molecule has 0 aliphatic carbocycles. The Morgan fingerprint density at radius 1 is 1.52 bits per heavy atom. The van der Waals surface area contributed by atoms with Gasteiger partial charge in [0, 0.05) is 32.1 Å². The van der Waals surface area contributed by atoms with E-state index in [9.17, 15) is 4.79 Å². The molecule has 0 spiro atoms. The average Bonchev–Trinajstić information content (AvgIpc) is 3.15. The lowest BCUT2D eigenvalue weighted by atomic mass is 10.3. The fourth-order valence-corrected chi connectivity index (χ4v) is 3.05. The zero-order valence-corrected chi connectivity index (χ0v) is 13.6. The van der Waals surface area contributed by atoms with Crippen LogP contribution < -0.4 is 10.6 Å². The first-order chi connectivity index (χ1) is 10.2. The normalized spacial score (nSPS) is 18.9. The lowest BCUT2D eigenvalue weighted by Crippen LogP contribution is -2.45. The first-order valence-corrected chi connectivity index (χ1v) is 8.50. The molecule has 1 aromatic heterocycles. The Kier molecular flexibility index (Phi) is 6.04. The van der Waals surface area contributed by atoms with Crippen LogP contribution >= 0.6 is 11.3 Å². The van der Waals surface area contributed by atoms with Crippen molar-refractivity contribution in [3.05, 3.63) is 22.4 Å². The standard InChI is InChI=1S/C15H24N4OS/c1-3-14(20)19-7-5-13(10-19)18-15(16-4-2)17-9-12-6-8-21-11-12/h6,8,11,13H,3-5,7,9-10H2,1-2H3,(H2,16,17,18). The summed E-state index contributed by atoms with van der Waals surface area (Å²) in [6.45, 7) is 7.10. The Hall–Kier alpha value is -1.56. The van der Waals surface area contributed by atoms with Crippen LogP contribution in [0.5, 0.6) is 0 Å². The van der Waals surface area contributed by atoms with E-state index in [-0.39, 0.29) is 5.91 Å². The van der Waals surface area contributed by atoms with Crippen LogP contribution in [0.3, 0.4) is 0 Å². The van der Waals surface area contributed by atoms with Gasteiger partial charge in [0.1, 0.15) is 0 Å². The minimum absolute atomic E-state index is 0.236. The number of hydrogen-bond acceptors (Lipinski definition) is 3. The summed E-state index contributed by atoms with van der Waals surface area (Å²) in [4.78, 5) is 18.2. The van der Waals surface area contributed by atoms with E-state index < -0.39 is 0 Å². The van der Waals surface area contributed by atoms with E-state index in [4.69, 9.17) is 0 Å². The first kappa shape index (κ1) is 15.8. The van der Waals surface area contributed by atoms with E-state index in [0.717, 1.165) is 32.0 Å². The largest absolute Gasteiger partial charge is 0.357 e. The van der Waals surface area contributed by atoms with Crippen LogP contribution in [0.15, 0.2) is 21.8 Å². The van der Waals surface area contributed by atoms with E-state index in [0.29, 0.717) is 19.0 Å². The van der Waals surface area contributed by atoms with E-state index in [1.54, 1.807) is 11.3 Å². The zero-order valence-electron chi connectivity index (χ0n) is 12.8. The van der Waals surface area contributed by atoms with Gasteiger partial charge in [-0.25, -0.2) is 4.99 Å². The van der Waals surface area contributed by atoms with Crippen LogP contribution in [0.25, 0.3) is 0 Å².